The average Bonchev–Trinajstić information content (AvgIpc) is 2.59. The summed E-state index contributed by atoms with van der Waals surface area (Å²) in [4.78, 5) is 6.95. The molecule has 2 aliphatic rings. The van der Waals surface area contributed by atoms with E-state index in [9.17, 15) is 0 Å². The minimum atomic E-state index is 0.634. The van der Waals surface area contributed by atoms with Gasteiger partial charge in [0.05, 0.1) is 6.54 Å². The molecule has 2 heteroatoms. The van der Waals surface area contributed by atoms with Gasteiger partial charge in [-0.25, -0.2) is 0 Å². The summed E-state index contributed by atoms with van der Waals surface area (Å²) in [6, 6.07) is 0.634. The number of amidine groups is 1. The molecule has 0 aromatic rings. The molecule has 1 unspecified atom stereocenters. The second kappa shape index (κ2) is 3.36. The van der Waals surface area contributed by atoms with Crippen molar-refractivity contribution in [3.63, 3.8) is 0 Å². The standard InChI is InChI=1S/C11H16N2/c1-3-4-10-6-5-9(2)13-8-7-12-11(10)13/h3,6,9H,1,4-5,7-8H2,2H3. The molecule has 0 aromatic carbocycles. The molecule has 13 heavy (non-hydrogen) atoms. The molecule has 2 aliphatic heterocycles. The molecular formula is C11H16N2. The Balaban J connectivity index is 2.24. The Kier molecular flexibility index (Phi) is 2.21. The van der Waals surface area contributed by atoms with E-state index < -0.39 is 0 Å². The first-order valence-corrected chi connectivity index (χ1v) is 4.94. The van der Waals surface area contributed by atoms with E-state index in [4.69, 9.17) is 0 Å². The highest BCUT2D eigenvalue weighted by Crippen LogP contribution is 2.23. The average molecular weight is 176 g/mol. The third kappa shape index (κ3) is 1.41. The number of hydrogen-bond donors (Lipinski definition) is 0. The zero-order valence-corrected chi connectivity index (χ0v) is 8.16. The van der Waals surface area contributed by atoms with E-state index >= 15 is 0 Å². The molecular weight excluding hydrogens is 160 g/mol. The lowest BCUT2D eigenvalue weighted by atomic mass is 10.0. The van der Waals surface area contributed by atoms with Crippen molar-refractivity contribution < 1.29 is 0 Å². The summed E-state index contributed by atoms with van der Waals surface area (Å²) < 4.78 is 0. The minimum Gasteiger partial charge on any atom is -0.352 e. The molecule has 0 saturated carbocycles. The lowest BCUT2D eigenvalue weighted by molar-refractivity contribution is 0.351. The first-order chi connectivity index (χ1) is 6.33. The summed E-state index contributed by atoms with van der Waals surface area (Å²) in [5, 5.41) is 0. The predicted octanol–water partition coefficient (Wildman–Crippen LogP) is 2.00. The van der Waals surface area contributed by atoms with Crippen molar-refractivity contribution in [1.29, 1.82) is 0 Å². The molecule has 0 spiro atoms. The van der Waals surface area contributed by atoms with Crippen molar-refractivity contribution in [2.24, 2.45) is 4.99 Å². The van der Waals surface area contributed by atoms with E-state index in [2.05, 4.69) is 29.5 Å². The fraction of sp³-hybridized carbons (Fsp3) is 0.545. The molecule has 0 bridgehead atoms. The van der Waals surface area contributed by atoms with Crippen molar-refractivity contribution in [2.45, 2.75) is 25.8 Å². The molecule has 0 amide bonds. The maximum atomic E-state index is 4.53. The van der Waals surface area contributed by atoms with Crippen LogP contribution in [0.15, 0.2) is 29.3 Å². The van der Waals surface area contributed by atoms with Gasteiger partial charge in [-0.05, 0) is 25.3 Å². The molecule has 0 radical (unpaired) electrons. The van der Waals surface area contributed by atoms with E-state index in [0.29, 0.717) is 6.04 Å². The molecule has 0 aliphatic carbocycles. The molecule has 2 nitrogen and oxygen atoms in total. The zero-order valence-electron chi connectivity index (χ0n) is 8.16. The van der Waals surface area contributed by atoms with Crippen LogP contribution in [0.4, 0.5) is 0 Å². The molecule has 0 aromatic heterocycles. The SMILES string of the molecule is C=CCC1=CCC(C)N2CCN=C12. The summed E-state index contributed by atoms with van der Waals surface area (Å²) in [7, 11) is 0. The topological polar surface area (TPSA) is 15.6 Å². The zero-order chi connectivity index (χ0) is 9.26. The van der Waals surface area contributed by atoms with Crippen LogP contribution in [0.1, 0.15) is 19.8 Å². The number of fused-ring (bicyclic) bond motifs is 1. The lowest BCUT2D eigenvalue weighted by Gasteiger charge is -2.32. The maximum absolute atomic E-state index is 4.53. The third-order valence-corrected chi connectivity index (χ3v) is 2.76. The van der Waals surface area contributed by atoms with Crippen LogP contribution >= 0.6 is 0 Å². The van der Waals surface area contributed by atoms with Gasteiger partial charge in [-0.3, -0.25) is 4.99 Å². The summed E-state index contributed by atoms with van der Waals surface area (Å²) in [5.41, 5.74) is 1.37. The predicted molar refractivity (Wildman–Crippen MR) is 56.0 cm³/mol. The second-order valence-corrected chi connectivity index (χ2v) is 3.71. The Morgan fingerprint density at radius 1 is 1.77 bits per heavy atom. The van der Waals surface area contributed by atoms with Gasteiger partial charge >= 0.3 is 0 Å². The molecule has 70 valence electrons. The molecule has 0 N–H and O–H groups in total. The Morgan fingerprint density at radius 2 is 2.62 bits per heavy atom. The van der Waals surface area contributed by atoms with Crippen LogP contribution in [0.3, 0.4) is 0 Å². The highest BCUT2D eigenvalue weighted by Gasteiger charge is 2.27. The van der Waals surface area contributed by atoms with Crippen LogP contribution < -0.4 is 0 Å². The molecule has 2 rings (SSSR count). The highest BCUT2D eigenvalue weighted by molar-refractivity contribution is 6.00. The Hall–Kier alpha value is -1.05. The molecule has 2 heterocycles. The summed E-state index contributed by atoms with van der Waals surface area (Å²) in [6.45, 7) is 8.11. The van der Waals surface area contributed by atoms with Crippen molar-refractivity contribution in [2.75, 3.05) is 13.1 Å². The first-order valence-electron chi connectivity index (χ1n) is 4.94. The van der Waals surface area contributed by atoms with Crippen LogP contribution in [0, 0.1) is 0 Å². The van der Waals surface area contributed by atoms with Gasteiger partial charge in [-0.2, -0.15) is 0 Å². The van der Waals surface area contributed by atoms with Gasteiger partial charge in [-0.1, -0.05) is 12.2 Å². The van der Waals surface area contributed by atoms with Crippen LogP contribution in [0.25, 0.3) is 0 Å². The molecule has 0 fully saturated rings. The van der Waals surface area contributed by atoms with Crippen LogP contribution in [0.5, 0.6) is 0 Å². The van der Waals surface area contributed by atoms with E-state index in [1.165, 1.54) is 11.4 Å². The molecule has 1 atom stereocenters. The minimum absolute atomic E-state index is 0.634. The summed E-state index contributed by atoms with van der Waals surface area (Å²) >= 11 is 0. The van der Waals surface area contributed by atoms with Crippen molar-refractivity contribution in [3.8, 4) is 0 Å². The highest BCUT2D eigenvalue weighted by atomic mass is 15.3. The largest absolute Gasteiger partial charge is 0.352 e. The third-order valence-electron chi connectivity index (χ3n) is 2.76. The van der Waals surface area contributed by atoms with Crippen molar-refractivity contribution in [1.82, 2.24) is 4.90 Å². The fourth-order valence-corrected chi connectivity index (χ4v) is 2.04. The van der Waals surface area contributed by atoms with Gasteiger partial charge < -0.3 is 4.90 Å². The number of aliphatic imine (C=N–C) groups is 1. The van der Waals surface area contributed by atoms with E-state index in [-0.39, 0.29) is 0 Å². The van der Waals surface area contributed by atoms with Gasteiger partial charge in [0.15, 0.2) is 0 Å². The Bertz CT molecular complexity index is 276. The number of nitrogens with zero attached hydrogens (tertiary/aromatic N) is 2. The van der Waals surface area contributed by atoms with Gasteiger partial charge in [0, 0.05) is 12.6 Å². The second-order valence-electron chi connectivity index (χ2n) is 3.71. The Morgan fingerprint density at radius 3 is 3.38 bits per heavy atom. The number of allylic oxidation sites excluding steroid dienone is 1. The van der Waals surface area contributed by atoms with Gasteiger partial charge in [0.1, 0.15) is 5.84 Å². The smallest absolute Gasteiger partial charge is 0.127 e. The number of hydrogen-bond acceptors (Lipinski definition) is 2. The van der Waals surface area contributed by atoms with E-state index in [0.717, 1.165) is 25.9 Å². The van der Waals surface area contributed by atoms with Crippen LogP contribution in [-0.2, 0) is 0 Å². The first kappa shape index (κ1) is 8.54. The van der Waals surface area contributed by atoms with Gasteiger partial charge in [-0.15, -0.1) is 6.58 Å². The Labute approximate surface area is 79.7 Å². The molecule has 0 saturated heterocycles. The van der Waals surface area contributed by atoms with Crippen molar-refractivity contribution >= 4 is 5.84 Å². The van der Waals surface area contributed by atoms with Crippen LogP contribution in [-0.4, -0.2) is 29.9 Å². The van der Waals surface area contributed by atoms with E-state index in [1.54, 1.807) is 0 Å². The van der Waals surface area contributed by atoms with Crippen molar-refractivity contribution in [3.05, 3.63) is 24.3 Å². The van der Waals surface area contributed by atoms with Crippen LogP contribution in [0.2, 0.25) is 0 Å². The fourth-order valence-electron chi connectivity index (χ4n) is 2.04. The van der Waals surface area contributed by atoms with Gasteiger partial charge in [0.2, 0.25) is 0 Å². The summed E-state index contributed by atoms with van der Waals surface area (Å²) in [6.07, 6.45) is 6.39. The lowest BCUT2D eigenvalue weighted by Crippen LogP contribution is -2.39. The maximum Gasteiger partial charge on any atom is 0.127 e. The summed E-state index contributed by atoms with van der Waals surface area (Å²) in [5.74, 6) is 1.22. The quantitative estimate of drug-likeness (QED) is 0.587. The monoisotopic (exact) mass is 176 g/mol. The van der Waals surface area contributed by atoms with Gasteiger partial charge in [0.25, 0.3) is 0 Å². The van der Waals surface area contributed by atoms with E-state index in [1.807, 2.05) is 6.08 Å². The normalized spacial score (nSPS) is 26.5. The number of rotatable bonds is 2.